The molecule has 3 rings (SSSR count). The van der Waals surface area contributed by atoms with E-state index in [9.17, 15) is 0 Å². The zero-order valence-electron chi connectivity index (χ0n) is 10.6. The number of hydrogen-bond acceptors (Lipinski definition) is 5. The van der Waals surface area contributed by atoms with Gasteiger partial charge in [0.1, 0.15) is 0 Å². The monoisotopic (exact) mass is 267 g/mol. The van der Waals surface area contributed by atoms with Gasteiger partial charge < -0.3 is 9.80 Å². The third-order valence-corrected chi connectivity index (χ3v) is 3.85. The van der Waals surface area contributed by atoms with E-state index in [0.717, 1.165) is 38.1 Å². The van der Waals surface area contributed by atoms with Crippen molar-refractivity contribution in [1.82, 2.24) is 15.0 Å². The predicted molar refractivity (Wildman–Crippen MR) is 72.3 cm³/mol. The van der Waals surface area contributed by atoms with E-state index in [1.165, 1.54) is 19.3 Å². The highest BCUT2D eigenvalue weighted by molar-refractivity contribution is 6.28. The van der Waals surface area contributed by atoms with Crippen molar-refractivity contribution in [2.24, 2.45) is 5.92 Å². The molecule has 0 bridgehead atoms. The fourth-order valence-electron chi connectivity index (χ4n) is 2.65. The van der Waals surface area contributed by atoms with Gasteiger partial charge in [-0.05, 0) is 36.8 Å². The fourth-order valence-corrected chi connectivity index (χ4v) is 2.80. The van der Waals surface area contributed by atoms with Crippen LogP contribution < -0.4 is 9.80 Å². The normalized spacial score (nSPS) is 24.0. The van der Waals surface area contributed by atoms with Crippen LogP contribution in [-0.2, 0) is 0 Å². The summed E-state index contributed by atoms with van der Waals surface area (Å²) in [6.07, 6.45) is 3.61. The molecule has 0 N–H and O–H groups in total. The number of halogens is 1. The van der Waals surface area contributed by atoms with E-state index < -0.39 is 0 Å². The molecular weight excluding hydrogens is 250 g/mol. The van der Waals surface area contributed by atoms with Gasteiger partial charge in [-0.25, -0.2) is 0 Å². The van der Waals surface area contributed by atoms with Gasteiger partial charge in [-0.2, -0.15) is 15.0 Å². The Hall–Kier alpha value is -1.10. The molecule has 18 heavy (non-hydrogen) atoms. The number of hydrogen-bond donors (Lipinski definition) is 0. The molecule has 6 heteroatoms. The lowest BCUT2D eigenvalue weighted by atomic mass is 10.2. The zero-order valence-corrected chi connectivity index (χ0v) is 11.4. The van der Waals surface area contributed by atoms with Gasteiger partial charge in [0.15, 0.2) is 0 Å². The number of aromatic nitrogens is 3. The van der Waals surface area contributed by atoms with E-state index in [1.807, 2.05) is 0 Å². The maximum absolute atomic E-state index is 6.03. The van der Waals surface area contributed by atoms with Crippen molar-refractivity contribution in [3.63, 3.8) is 0 Å². The first kappa shape index (κ1) is 12.0. The summed E-state index contributed by atoms with van der Waals surface area (Å²) in [6, 6.07) is 0. The lowest BCUT2D eigenvalue weighted by molar-refractivity contribution is 0.657. The molecule has 1 atom stereocenters. The topological polar surface area (TPSA) is 45.2 Å². The fraction of sp³-hybridized carbons (Fsp3) is 0.750. The van der Waals surface area contributed by atoms with Crippen molar-refractivity contribution in [2.45, 2.75) is 26.2 Å². The molecule has 3 heterocycles. The summed E-state index contributed by atoms with van der Waals surface area (Å²) in [6.45, 7) is 6.33. The van der Waals surface area contributed by atoms with Gasteiger partial charge in [0.2, 0.25) is 17.2 Å². The Balaban J connectivity index is 1.85. The second-order valence-electron chi connectivity index (χ2n) is 5.24. The molecule has 0 radical (unpaired) electrons. The maximum Gasteiger partial charge on any atom is 0.231 e. The first-order chi connectivity index (χ1) is 8.72. The van der Waals surface area contributed by atoms with Crippen molar-refractivity contribution < 1.29 is 0 Å². The number of nitrogens with zero attached hydrogens (tertiary/aromatic N) is 5. The Labute approximate surface area is 112 Å². The second-order valence-corrected chi connectivity index (χ2v) is 5.58. The van der Waals surface area contributed by atoms with Crippen molar-refractivity contribution in [1.29, 1.82) is 0 Å². The highest BCUT2D eigenvalue weighted by Gasteiger charge is 2.23. The van der Waals surface area contributed by atoms with Crippen LogP contribution in [0.4, 0.5) is 11.9 Å². The van der Waals surface area contributed by atoms with Crippen LogP contribution >= 0.6 is 11.6 Å². The van der Waals surface area contributed by atoms with E-state index in [2.05, 4.69) is 31.7 Å². The van der Waals surface area contributed by atoms with Crippen LogP contribution in [0.15, 0.2) is 0 Å². The second kappa shape index (κ2) is 4.88. The molecular formula is C12H18ClN5. The van der Waals surface area contributed by atoms with E-state index in [-0.39, 0.29) is 0 Å². The Morgan fingerprint density at radius 1 is 1.00 bits per heavy atom. The summed E-state index contributed by atoms with van der Waals surface area (Å²) in [5, 5.41) is 0.307. The lowest BCUT2D eigenvalue weighted by Crippen LogP contribution is -2.25. The quantitative estimate of drug-likeness (QED) is 0.820. The molecule has 1 aromatic heterocycles. The summed E-state index contributed by atoms with van der Waals surface area (Å²) in [5.41, 5.74) is 0. The van der Waals surface area contributed by atoms with Gasteiger partial charge >= 0.3 is 0 Å². The number of anilines is 2. The van der Waals surface area contributed by atoms with Gasteiger partial charge in [-0.15, -0.1) is 0 Å². The van der Waals surface area contributed by atoms with Gasteiger partial charge in [0.25, 0.3) is 0 Å². The zero-order chi connectivity index (χ0) is 12.5. The Morgan fingerprint density at radius 2 is 1.67 bits per heavy atom. The first-order valence-corrected chi connectivity index (χ1v) is 7.01. The highest BCUT2D eigenvalue weighted by Crippen LogP contribution is 2.24. The average molecular weight is 268 g/mol. The van der Waals surface area contributed by atoms with E-state index in [1.54, 1.807) is 0 Å². The van der Waals surface area contributed by atoms with Crippen molar-refractivity contribution >= 4 is 23.5 Å². The Bertz CT molecular complexity index is 432. The van der Waals surface area contributed by atoms with Crippen molar-refractivity contribution in [3.05, 3.63) is 5.28 Å². The molecule has 5 nitrogen and oxygen atoms in total. The standard InChI is InChI=1S/C12H18ClN5/c1-9-4-7-18(8-9)12-15-10(13)14-11(16-12)17-5-2-3-6-17/h9H,2-8H2,1H3. The van der Waals surface area contributed by atoms with E-state index in [4.69, 9.17) is 11.6 Å². The summed E-state index contributed by atoms with van der Waals surface area (Å²) in [4.78, 5) is 17.5. The minimum atomic E-state index is 0.307. The molecule has 0 amide bonds. The van der Waals surface area contributed by atoms with E-state index in [0.29, 0.717) is 11.2 Å². The Morgan fingerprint density at radius 3 is 2.28 bits per heavy atom. The lowest BCUT2D eigenvalue weighted by Gasteiger charge is -2.19. The molecule has 1 unspecified atom stereocenters. The summed E-state index contributed by atoms with van der Waals surface area (Å²) in [5.74, 6) is 2.18. The average Bonchev–Trinajstić information content (AvgIpc) is 2.98. The molecule has 0 aromatic carbocycles. The smallest absolute Gasteiger partial charge is 0.231 e. The van der Waals surface area contributed by atoms with Crippen LogP contribution in [0, 0.1) is 5.92 Å². The van der Waals surface area contributed by atoms with Crippen LogP contribution in [0.1, 0.15) is 26.2 Å². The molecule has 0 spiro atoms. The van der Waals surface area contributed by atoms with Gasteiger partial charge in [0, 0.05) is 26.2 Å². The van der Waals surface area contributed by atoms with Crippen molar-refractivity contribution in [3.8, 4) is 0 Å². The largest absolute Gasteiger partial charge is 0.341 e. The minimum Gasteiger partial charge on any atom is -0.341 e. The highest BCUT2D eigenvalue weighted by atomic mass is 35.5. The van der Waals surface area contributed by atoms with Crippen LogP contribution in [-0.4, -0.2) is 41.1 Å². The summed E-state index contributed by atoms with van der Waals surface area (Å²) >= 11 is 6.03. The molecule has 98 valence electrons. The minimum absolute atomic E-state index is 0.307. The van der Waals surface area contributed by atoms with E-state index >= 15 is 0 Å². The third-order valence-electron chi connectivity index (χ3n) is 3.68. The molecule has 2 saturated heterocycles. The van der Waals surface area contributed by atoms with Crippen LogP contribution in [0.3, 0.4) is 0 Å². The van der Waals surface area contributed by atoms with Gasteiger partial charge in [-0.1, -0.05) is 6.92 Å². The van der Waals surface area contributed by atoms with Crippen molar-refractivity contribution in [2.75, 3.05) is 36.0 Å². The molecule has 0 aliphatic carbocycles. The molecule has 1 aromatic rings. The predicted octanol–water partition coefficient (Wildman–Crippen LogP) is 1.97. The van der Waals surface area contributed by atoms with Gasteiger partial charge in [-0.3, -0.25) is 0 Å². The first-order valence-electron chi connectivity index (χ1n) is 6.64. The SMILES string of the molecule is CC1CCN(c2nc(Cl)nc(N3CCCC3)n2)C1. The van der Waals surface area contributed by atoms with Crippen LogP contribution in [0.25, 0.3) is 0 Å². The molecule has 2 fully saturated rings. The maximum atomic E-state index is 6.03. The van der Waals surface area contributed by atoms with Crippen LogP contribution in [0.2, 0.25) is 5.28 Å². The molecule has 2 aliphatic heterocycles. The molecule has 0 saturated carbocycles. The van der Waals surface area contributed by atoms with Gasteiger partial charge in [0.05, 0.1) is 0 Å². The summed E-state index contributed by atoms with van der Waals surface area (Å²) < 4.78 is 0. The number of rotatable bonds is 2. The Kier molecular flexibility index (Phi) is 3.24. The molecule has 2 aliphatic rings. The summed E-state index contributed by atoms with van der Waals surface area (Å²) in [7, 11) is 0. The third kappa shape index (κ3) is 2.36. The van der Waals surface area contributed by atoms with Crippen LogP contribution in [0.5, 0.6) is 0 Å².